The largest absolute Gasteiger partial charge is 0.443 e. The summed E-state index contributed by atoms with van der Waals surface area (Å²) in [4.78, 5) is 28.7. The second kappa shape index (κ2) is 7.45. The predicted molar refractivity (Wildman–Crippen MR) is 103 cm³/mol. The van der Waals surface area contributed by atoms with Crippen LogP contribution in [0.15, 0.2) is 29.4 Å². The number of rotatable bonds is 4. The molecule has 3 rings (SSSR count). The van der Waals surface area contributed by atoms with Crippen molar-refractivity contribution in [3.05, 3.63) is 46.0 Å². The second-order valence-corrected chi connectivity index (χ2v) is 7.85. The van der Waals surface area contributed by atoms with E-state index in [1.165, 1.54) is 0 Å². The Bertz CT molecular complexity index is 933. The lowest BCUT2D eigenvalue weighted by molar-refractivity contribution is 0.0539. The van der Waals surface area contributed by atoms with Gasteiger partial charge in [0.05, 0.1) is 5.52 Å². The molecule has 0 amide bonds. The molecule has 7 nitrogen and oxygen atoms in total. The molecule has 0 saturated heterocycles. The molecule has 0 bridgehead atoms. The number of para-hydroxylation sites is 1. The zero-order valence-electron chi connectivity index (χ0n) is 15.9. The molecule has 27 heavy (non-hydrogen) atoms. The summed E-state index contributed by atoms with van der Waals surface area (Å²) in [5.74, 6) is -0.0417. The number of benzene rings is 1. The van der Waals surface area contributed by atoms with Crippen LogP contribution in [0.2, 0.25) is 0 Å². The van der Waals surface area contributed by atoms with E-state index in [1.807, 2.05) is 45.0 Å². The van der Waals surface area contributed by atoms with Crippen molar-refractivity contribution in [1.82, 2.24) is 4.57 Å². The van der Waals surface area contributed by atoms with Crippen LogP contribution in [0.1, 0.15) is 56.1 Å². The first-order valence-corrected chi connectivity index (χ1v) is 9.24. The number of fused-ring (bicyclic) bond motifs is 3. The van der Waals surface area contributed by atoms with Crippen LogP contribution < -0.4 is 0 Å². The van der Waals surface area contributed by atoms with Gasteiger partial charge >= 0.3 is 6.09 Å². The number of ketones is 1. The molecule has 1 heterocycles. The Morgan fingerprint density at radius 1 is 1.37 bits per heavy atom. The summed E-state index contributed by atoms with van der Waals surface area (Å²) < 4.78 is 7.14. The summed E-state index contributed by atoms with van der Waals surface area (Å²) in [5, 5.41) is 4.34. The van der Waals surface area contributed by atoms with Crippen LogP contribution in [0.5, 0.6) is 0 Å². The summed E-state index contributed by atoms with van der Waals surface area (Å²) >= 11 is 0. The SMILES string of the molecule is CC(C)(C)OC(=O)n1c2c(c3ccccc31)C(=O)C(CCCN=[N+]=[N-])CC2. The standard InChI is InChI=1S/C20H24N4O3/c1-20(2,3)27-19(26)24-15-9-5-4-8-14(15)17-16(24)11-10-13(18(17)25)7-6-12-22-23-21/h4-5,8-9,13H,6-7,10-12H2,1-3H3. The highest BCUT2D eigenvalue weighted by Crippen LogP contribution is 2.36. The van der Waals surface area contributed by atoms with Crippen molar-refractivity contribution in [2.45, 2.75) is 52.1 Å². The molecule has 1 aliphatic carbocycles. The maximum Gasteiger partial charge on any atom is 0.419 e. The molecule has 0 fully saturated rings. The smallest absolute Gasteiger partial charge is 0.419 e. The van der Waals surface area contributed by atoms with Crippen LogP contribution in [0.4, 0.5) is 4.79 Å². The van der Waals surface area contributed by atoms with Crippen molar-refractivity contribution in [3.63, 3.8) is 0 Å². The molecule has 7 heteroatoms. The van der Waals surface area contributed by atoms with Crippen molar-refractivity contribution < 1.29 is 14.3 Å². The number of ether oxygens (including phenoxy) is 1. The molecule has 1 atom stereocenters. The predicted octanol–water partition coefficient (Wildman–Crippen LogP) is 5.26. The molecule has 142 valence electrons. The molecule has 2 aromatic rings. The first-order valence-electron chi connectivity index (χ1n) is 9.24. The summed E-state index contributed by atoms with van der Waals surface area (Å²) in [5.41, 5.74) is 9.85. The van der Waals surface area contributed by atoms with E-state index in [0.717, 1.165) is 11.1 Å². The van der Waals surface area contributed by atoms with Gasteiger partial charge in [0, 0.05) is 34.0 Å². The van der Waals surface area contributed by atoms with Gasteiger partial charge < -0.3 is 4.74 Å². The van der Waals surface area contributed by atoms with Crippen molar-refractivity contribution in [3.8, 4) is 0 Å². The molecule has 0 N–H and O–H groups in total. The number of nitrogens with zero attached hydrogens (tertiary/aromatic N) is 4. The molecule has 1 aromatic heterocycles. The molecule has 1 aromatic carbocycles. The Labute approximate surface area is 157 Å². The minimum absolute atomic E-state index is 0.0655. The molecule has 0 radical (unpaired) electrons. The summed E-state index contributed by atoms with van der Waals surface area (Å²) in [6, 6.07) is 7.47. The van der Waals surface area contributed by atoms with E-state index in [9.17, 15) is 9.59 Å². The van der Waals surface area contributed by atoms with Crippen LogP contribution in [0, 0.1) is 5.92 Å². The molecular formula is C20H24N4O3. The Kier molecular flexibility index (Phi) is 5.24. The van der Waals surface area contributed by atoms with E-state index in [-0.39, 0.29) is 11.7 Å². The highest BCUT2D eigenvalue weighted by molar-refractivity contribution is 6.13. The molecule has 0 spiro atoms. The highest BCUT2D eigenvalue weighted by atomic mass is 16.6. The number of hydrogen-bond acceptors (Lipinski definition) is 4. The van der Waals surface area contributed by atoms with Gasteiger partial charge in [-0.2, -0.15) is 0 Å². The Balaban J connectivity index is 1.99. The average Bonchev–Trinajstić information content (AvgIpc) is 2.94. The fourth-order valence-corrected chi connectivity index (χ4v) is 3.70. The first kappa shape index (κ1) is 19.0. The van der Waals surface area contributed by atoms with Gasteiger partial charge in [0.1, 0.15) is 5.60 Å². The molecule has 1 aliphatic rings. The van der Waals surface area contributed by atoms with Crippen molar-refractivity contribution in [1.29, 1.82) is 0 Å². The Hall–Kier alpha value is -2.79. The van der Waals surface area contributed by atoms with E-state index in [0.29, 0.717) is 43.3 Å². The van der Waals surface area contributed by atoms with Gasteiger partial charge in [-0.05, 0) is 58.1 Å². The summed E-state index contributed by atoms with van der Waals surface area (Å²) in [6.45, 7) is 5.88. The number of carbonyl (C=O) groups excluding carboxylic acids is 2. The van der Waals surface area contributed by atoms with E-state index < -0.39 is 11.7 Å². The van der Waals surface area contributed by atoms with Gasteiger partial charge in [0.25, 0.3) is 0 Å². The zero-order chi connectivity index (χ0) is 19.6. The lowest BCUT2D eigenvalue weighted by Crippen LogP contribution is -2.30. The van der Waals surface area contributed by atoms with Crippen LogP contribution in [-0.2, 0) is 11.2 Å². The van der Waals surface area contributed by atoms with Crippen molar-refractivity contribution in [2.24, 2.45) is 11.0 Å². The Morgan fingerprint density at radius 3 is 2.81 bits per heavy atom. The topological polar surface area (TPSA) is 97.1 Å². The fraction of sp³-hybridized carbons (Fsp3) is 0.500. The third-order valence-corrected chi connectivity index (χ3v) is 4.77. The molecule has 0 aliphatic heterocycles. The third kappa shape index (κ3) is 3.83. The summed E-state index contributed by atoms with van der Waals surface area (Å²) in [6.07, 6.45) is 2.24. The van der Waals surface area contributed by atoms with Crippen LogP contribution >= 0.6 is 0 Å². The normalized spacial score (nSPS) is 16.7. The van der Waals surface area contributed by atoms with E-state index in [2.05, 4.69) is 10.0 Å². The summed E-state index contributed by atoms with van der Waals surface area (Å²) in [7, 11) is 0. The average molecular weight is 368 g/mol. The third-order valence-electron chi connectivity index (χ3n) is 4.77. The van der Waals surface area contributed by atoms with E-state index >= 15 is 0 Å². The minimum Gasteiger partial charge on any atom is -0.443 e. The van der Waals surface area contributed by atoms with Gasteiger partial charge in [0.2, 0.25) is 0 Å². The maximum absolute atomic E-state index is 13.1. The van der Waals surface area contributed by atoms with Gasteiger partial charge in [-0.1, -0.05) is 23.3 Å². The fourth-order valence-electron chi connectivity index (χ4n) is 3.70. The number of Topliss-reactive ketones (excluding diaryl/α,β-unsaturated/α-hetero) is 1. The first-order chi connectivity index (χ1) is 12.8. The Morgan fingerprint density at radius 2 is 2.11 bits per heavy atom. The molecule has 0 saturated carbocycles. The number of azide groups is 1. The van der Waals surface area contributed by atoms with Crippen molar-refractivity contribution in [2.75, 3.05) is 6.54 Å². The van der Waals surface area contributed by atoms with E-state index in [1.54, 1.807) is 4.57 Å². The van der Waals surface area contributed by atoms with Gasteiger partial charge in [-0.3, -0.25) is 4.79 Å². The van der Waals surface area contributed by atoms with E-state index in [4.69, 9.17) is 10.3 Å². The number of hydrogen-bond donors (Lipinski definition) is 0. The van der Waals surface area contributed by atoms with Crippen molar-refractivity contribution >= 4 is 22.8 Å². The number of aromatic nitrogens is 1. The monoisotopic (exact) mass is 368 g/mol. The van der Waals surface area contributed by atoms with Gasteiger partial charge in [-0.15, -0.1) is 0 Å². The zero-order valence-corrected chi connectivity index (χ0v) is 15.9. The van der Waals surface area contributed by atoms with Gasteiger partial charge in [-0.25, -0.2) is 9.36 Å². The van der Waals surface area contributed by atoms with Gasteiger partial charge in [0.15, 0.2) is 5.78 Å². The quantitative estimate of drug-likeness (QED) is 0.318. The number of carbonyl (C=O) groups is 2. The minimum atomic E-state index is -0.613. The highest BCUT2D eigenvalue weighted by Gasteiger charge is 2.34. The molecular weight excluding hydrogens is 344 g/mol. The van der Waals surface area contributed by atoms with Crippen LogP contribution in [0.3, 0.4) is 0 Å². The lowest BCUT2D eigenvalue weighted by Gasteiger charge is -2.24. The molecule has 1 unspecified atom stereocenters. The lowest BCUT2D eigenvalue weighted by atomic mass is 9.82. The maximum atomic E-state index is 13.1. The van der Waals surface area contributed by atoms with Crippen LogP contribution in [0.25, 0.3) is 21.3 Å². The second-order valence-electron chi connectivity index (χ2n) is 7.85. The van der Waals surface area contributed by atoms with Crippen LogP contribution in [-0.4, -0.2) is 28.6 Å².